The van der Waals surface area contributed by atoms with E-state index >= 15 is 0 Å². The van der Waals surface area contributed by atoms with E-state index in [1.807, 2.05) is 12.1 Å². The predicted octanol–water partition coefficient (Wildman–Crippen LogP) is 1.35. The summed E-state index contributed by atoms with van der Waals surface area (Å²) in [5.41, 5.74) is 3.23. The number of rotatable bonds is 3. The van der Waals surface area contributed by atoms with Crippen LogP contribution in [0.5, 0.6) is 0 Å². The first-order valence-corrected chi connectivity index (χ1v) is 8.22. The molecule has 0 radical (unpaired) electrons. The van der Waals surface area contributed by atoms with Crippen molar-refractivity contribution < 1.29 is 5.11 Å². The van der Waals surface area contributed by atoms with E-state index in [4.69, 9.17) is 9.97 Å². The maximum atomic E-state index is 9.50. The van der Waals surface area contributed by atoms with Crippen molar-refractivity contribution in [1.29, 1.82) is 0 Å². The molecule has 4 heterocycles. The van der Waals surface area contributed by atoms with Crippen LogP contribution >= 0.6 is 0 Å². The molecule has 2 aromatic rings. The van der Waals surface area contributed by atoms with Crippen LogP contribution < -0.4 is 10.2 Å². The van der Waals surface area contributed by atoms with E-state index < -0.39 is 0 Å². The lowest BCUT2D eigenvalue weighted by molar-refractivity contribution is 0.208. The van der Waals surface area contributed by atoms with Crippen molar-refractivity contribution >= 4 is 5.82 Å². The molecule has 2 aliphatic rings. The summed E-state index contributed by atoms with van der Waals surface area (Å²) in [7, 11) is 0. The van der Waals surface area contributed by atoms with Crippen molar-refractivity contribution in [3.05, 3.63) is 35.8 Å². The van der Waals surface area contributed by atoms with Crippen LogP contribution in [0.1, 0.15) is 24.1 Å². The molecule has 2 N–H and O–H groups in total. The highest BCUT2D eigenvalue weighted by atomic mass is 16.3. The van der Waals surface area contributed by atoms with Crippen molar-refractivity contribution in [2.24, 2.45) is 5.92 Å². The quantitative estimate of drug-likeness (QED) is 0.891. The molecule has 6 nitrogen and oxygen atoms in total. The highest BCUT2D eigenvalue weighted by Crippen LogP contribution is 2.30. The van der Waals surface area contributed by atoms with Gasteiger partial charge in [0.05, 0.1) is 5.69 Å². The van der Waals surface area contributed by atoms with Gasteiger partial charge in [0.15, 0.2) is 5.82 Å². The normalized spacial score (nSPS) is 20.6. The molecule has 1 atom stereocenters. The topological polar surface area (TPSA) is 74.2 Å². The molecule has 1 fully saturated rings. The highest BCUT2D eigenvalue weighted by molar-refractivity contribution is 5.60. The first-order valence-electron chi connectivity index (χ1n) is 8.22. The highest BCUT2D eigenvalue weighted by Gasteiger charge is 2.27. The molecule has 23 heavy (non-hydrogen) atoms. The fourth-order valence-electron chi connectivity index (χ4n) is 3.44. The van der Waals surface area contributed by atoms with Gasteiger partial charge in [0.25, 0.3) is 0 Å². The van der Waals surface area contributed by atoms with Crippen LogP contribution in [0.2, 0.25) is 0 Å². The first-order chi connectivity index (χ1) is 11.3. The molecule has 0 aromatic carbocycles. The third kappa shape index (κ3) is 2.80. The van der Waals surface area contributed by atoms with Crippen molar-refractivity contribution in [3.63, 3.8) is 0 Å². The second-order valence-electron chi connectivity index (χ2n) is 6.28. The Morgan fingerprint density at radius 2 is 2.26 bits per heavy atom. The molecule has 120 valence electrons. The zero-order chi connectivity index (χ0) is 15.6. The lowest BCUT2D eigenvalue weighted by Crippen LogP contribution is -2.38. The number of aliphatic hydroxyl groups excluding tert-OH is 1. The molecule has 0 spiro atoms. The number of anilines is 1. The minimum absolute atomic E-state index is 0.248. The Kier molecular flexibility index (Phi) is 3.93. The minimum Gasteiger partial charge on any atom is -0.396 e. The van der Waals surface area contributed by atoms with Gasteiger partial charge in [-0.1, -0.05) is 0 Å². The van der Waals surface area contributed by atoms with Gasteiger partial charge >= 0.3 is 0 Å². The number of piperidine rings is 1. The molecule has 4 rings (SSSR count). The monoisotopic (exact) mass is 311 g/mol. The number of aromatic nitrogens is 3. The second-order valence-corrected chi connectivity index (χ2v) is 6.28. The van der Waals surface area contributed by atoms with E-state index in [-0.39, 0.29) is 6.61 Å². The minimum atomic E-state index is 0.248. The van der Waals surface area contributed by atoms with E-state index in [9.17, 15) is 5.11 Å². The SMILES string of the molecule is OC[C@H]1CCCN(c2nc(-c3cccnc3)nc3c2CNC3)C1. The summed E-state index contributed by atoms with van der Waals surface area (Å²) < 4.78 is 0. The van der Waals surface area contributed by atoms with Crippen LogP contribution in [0.3, 0.4) is 0 Å². The second kappa shape index (κ2) is 6.22. The summed E-state index contributed by atoms with van der Waals surface area (Å²) in [5, 5.41) is 12.9. The maximum absolute atomic E-state index is 9.50. The summed E-state index contributed by atoms with van der Waals surface area (Å²) in [6, 6.07) is 3.90. The summed E-state index contributed by atoms with van der Waals surface area (Å²) in [5.74, 6) is 2.10. The number of nitrogens with zero attached hydrogens (tertiary/aromatic N) is 4. The van der Waals surface area contributed by atoms with E-state index in [1.165, 1.54) is 5.56 Å². The molecule has 0 unspecified atom stereocenters. The predicted molar refractivity (Wildman–Crippen MR) is 87.8 cm³/mol. The van der Waals surface area contributed by atoms with Gasteiger partial charge in [-0.25, -0.2) is 9.97 Å². The summed E-state index contributed by atoms with van der Waals surface area (Å²) in [6.45, 7) is 3.71. The van der Waals surface area contributed by atoms with E-state index in [1.54, 1.807) is 12.4 Å². The Labute approximate surface area is 135 Å². The van der Waals surface area contributed by atoms with Gasteiger partial charge in [0.2, 0.25) is 0 Å². The zero-order valence-electron chi connectivity index (χ0n) is 13.1. The van der Waals surface area contributed by atoms with Gasteiger partial charge in [0.1, 0.15) is 5.82 Å². The molecule has 0 bridgehead atoms. The van der Waals surface area contributed by atoms with Crippen LogP contribution in [-0.2, 0) is 13.1 Å². The van der Waals surface area contributed by atoms with Crippen molar-refractivity contribution in [2.75, 3.05) is 24.6 Å². The van der Waals surface area contributed by atoms with Gasteiger partial charge in [-0.15, -0.1) is 0 Å². The van der Waals surface area contributed by atoms with Crippen molar-refractivity contribution in [3.8, 4) is 11.4 Å². The number of fused-ring (bicyclic) bond motifs is 1. The fraction of sp³-hybridized carbons (Fsp3) is 0.471. The van der Waals surface area contributed by atoms with Crippen LogP contribution in [0.4, 0.5) is 5.82 Å². The smallest absolute Gasteiger partial charge is 0.163 e. The fourth-order valence-corrected chi connectivity index (χ4v) is 3.44. The molecule has 0 aliphatic carbocycles. The molecule has 6 heteroatoms. The van der Waals surface area contributed by atoms with E-state index in [0.717, 1.165) is 61.9 Å². The zero-order valence-corrected chi connectivity index (χ0v) is 13.1. The standard InChI is InChI=1S/C17H21N5O/c23-11-12-3-2-6-22(10-12)17-14-8-19-9-15(14)20-16(21-17)13-4-1-5-18-7-13/h1,4-5,7,12,19,23H,2-3,6,8-11H2/t12-/m0/s1. The number of hydrogen-bond donors (Lipinski definition) is 2. The number of aliphatic hydroxyl groups is 1. The summed E-state index contributed by atoms with van der Waals surface area (Å²) in [4.78, 5) is 16.1. The molecule has 1 saturated heterocycles. The van der Waals surface area contributed by atoms with Crippen molar-refractivity contribution in [1.82, 2.24) is 20.3 Å². The van der Waals surface area contributed by atoms with Crippen LogP contribution in [0, 0.1) is 5.92 Å². The molecular formula is C17H21N5O. The van der Waals surface area contributed by atoms with Gasteiger partial charge in [-0.05, 0) is 30.9 Å². The number of hydrogen-bond acceptors (Lipinski definition) is 6. The largest absolute Gasteiger partial charge is 0.396 e. The Bertz CT molecular complexity index is 691. The molecule has 2 aliphatic heterocycles. The van der Waals surface area contributed by atoms with Gasteiger partial charge in [0, 0.05) is 56.3 Å². The van der Waals surface area contributed by atoms with E-state index in [2.05, 4.69) is 15.2 Å². The lowest BCUT2D eigenvalue weighted by Gasteiger charge is -2.33. The van der Waals surface area contributed by atoms with Crippen molar-refractivity contribution in [2.45, 2.75) is 25.9 Å². The van der Waals surface area contributed by atoms with E-state index in [0.29, 0.717) is 5.92 Å². The molecule has 0 amide bonds. The van der Waals surface area contributed by atoms with Crippen LogP contribution in [-0.4, -0.2) is 39.8 Å². The Morgan fingerprint density at radius 3 is 3.09 bits per heavy atom. The van der Waals surface area contributed by atoms with Gasteiger partial charge in [-0.2, -0.15) is 0 Å². The van der Waals surface area contributed by atoms with Crippen LogP contribution in [0.25, 0.3) is 11.4 Å². The summed E-state index contributed by atoms with van der Waals surface area (Å²) in [6.07, 6.45) is 5.75. The molecule has 0 saturated carbocycles. The first kappa shape index (κ1) is 14.5. The average molecular weight is 311 g/mol. The number of nitrogens with one attached hydrogen (secondary N) is 1. The Hall–Kier alpha value is -2.05. The third-order valence-electron chi connectivity index (χ3n) is 4.66. The van der Waals surface area contributed by atoms with Gasteiger partial charge in [-0.3, -0.25) is 4.98 Å². The maximum Gasteiger partial charge on any atom is 0.163 e. The Balaban J connectivity index is 1.75. The van der Waals surface area contributed by atoms with Gasteiger partial charge < -0.3 is 15.3 Å². The van der Waals surface area contributed by atoms with Crippen LogP contribution in [0.15, 0.2) is 24.5 Å². The number of pyridine rings is 1. The molecular weight excluding hydrogens is 290 g/mol. The average Bonchev–Trinajstić information content (AvgIpc) is 3.10. The summed E-state index contributed by atoms with van der Waals surface area (Å²) >= 11 is 0. The lowest BCUT2D eigenvalue weighted by atomic mass is 9.98. The Morgan fingerprint density at radius 1 is 1.30 bits per heavy atom. The molecule has 2 aromatic heterocycles. The third-order valence-corrected chi connectivity index (χ3v) is 4.66.